The third-order valence-corrected chi connectivity index (χ3v) is 1.74. The number of hydrogen-bond donors (Lipinski definition) is 0. The van der Waals surface area contributed by atoms with E-state index in [0.29, 0.717) is 0 Å². The predicted octanol–water partition coefficient (Wildman–Crippen LogP) is 2.20. The Balaban J connectivity index is 2.48. The lowest BCUT2D eigenvalue weighted by atomic mass is 10.4. The lowest BCUT2D eigenvalue weighted by molar-refractivity contribution is 0.580. The first-order valence-corrected chi connectivity index (χ1v) is 3.74. The fraction of sp³-hybridized carbons (Fsp3) is 0. The van der Waals surface area contributed by atoms with Gasteiger partial charge in [0, 0.05) is 11.4 Å². The van der Waals surface area contributed by atoms with Crippen LogP contribution in [0.4, 0.5) is 0 Å². The van der Waals surface area contributed by atoms with Crippen molar-refractivity contribution in [2.24, 2.45) is 0 Å². The van der Waals surface area contributed by atoms with Crippen LogP contribution < -0.4 is 0 Å². The van der Waals surface area contributed by atoms with E-state index in [2.05, 4.69) is 11.1 Å². The van der Waals surface area contributed by atoms with Crippen LogP contribution in [-0.4, -0.2) is 4.98 Å². The van der Waals surface area contributed by atoms with E-state index in [-0.39, 0.29) is 0 Å². The van der Waals surface area contributed by atoms with Gasteiger partial charge in [-0.05, 0) is 6.07 Å². The lowest BCUT2D eigenvalue weighted by Gasteiger charge is -1.83. The molecule has 3 heteroatoms. The molecule has 10 heavy (non-hydrogen) atoms. The van der Waals surface area contributed by atoms with Crippen LogP contribution >= 0.6 is 11.3 Å². The molecule has 2 heterocycles. The van der Waals surface area contributed by atoms with E-state index in [1.165, 1.54) is 6.26 Å². The van der Waals surface area contributed by atoms with Crippen LogP contribution in [0.1, 0.15) is 0 Å². The second-order valence-electron chi connectivity index (χ2n) is 1.78. The molecule has 0 saturated heterocycles. The molecule has 0 N–H and O–H groups in total. The zero-order valence-electron chi connectivity index (χ0n) is 5.07. The molecule has 0 aromatic carbocycles. The average molecular weight is 150 g/mol. The Morgan fingerprint density at radius 3 is 3.20 bits per heavy atom. The number of thiazole rings is 1. The van der Waals surface area contributed by atoms with Gasteiger partial charge >= 0.3 is 0 Å². The van der Waals surface area contributed by atoms with E-state index in [0.717, 1.165) is 11.5 Å². The highest BCUT2D eigenvalue weighted by Gasteiger charge is 1.99. The molecule has 2 aromatic heterocycles. The maximum Gasteiger partial charge on any atom is 0.153 e. The van der Waals surface area contributed by atoms with Gasteiger partial charge in [-0.25, -0.2) is 4.98 Å². The Morgan fingerprint density at radius 2 is 2.60 bits per heavy atom. The molecule has 1 radical (unpaired) electrons. The predicted molar refractivity (Wildman–Crippen MR) is 38.7 cm³/mol. The molecular weight excluding hydrogens is 146 g/mol. The summed E-state index contributed by atoms with van der Waals surface area (Å²) in [5.41, 5.74) is 2.66. The molecule has 0 atom stereocenters. The quantitative estimate of drug-likeness (QED) is 0.622. The van der Waals surface area contributed by atoms with Crippen molar-refractivity contribution in [2.75, 3.05) is 0 Å². The van der Waals surface area contributed by atoms with E-state index in [9.17, 15) is 0 Å². The van der Waals surface area contributed by atoms with Crippen LogP contribution in [0.15, 0.2) is 27.6 Å². The summed E-state index contributed by atoms with van der Waals surface area (Å²) < 4.78 is 5.07. The zero-order chi connectivity index (χ0) is 6.81. The maximum atomic E-state index is 5.07. The van der Waals surface area contributed by atoms with E-state index < -0.39 is 0 Å². The summed E-state index contributed by atoms with van der Waals surface area (Å²) in [4.78, 5) is 4.06. The topological polar surface area (TPSA) is 26.0 Å². The van der Waals surface area contributed by atoms with Gasteiger partial charge < -0.3 is 4.42 Å². The molecule has 0 aliphatic carbocycles. The van der Waals surface area contributed by atoms with Crippen molar-refractivity contribution in [3.8, 4) is 11.5 Å². The molecule has 0 unspecified atom stereocenters. The summed E-state index contributed by atoms with van der Waals surface area (Å²) in [6, 6.07) is 4.59. The van der Waals surface area contributed by atoms with Crippen molar-refractivity contribution >= 4 is 11.3 Å². The highest BCUT2D eigenvalue weighted by atomic mass is 32.1. The average Bonchev–Trinajstić information content (AvgIpc) is 2.59. The normalized spacial score (nSPS) is 10.0. The van der Waals surface area contributed by atoms with Crippen LogP contribution in [-0.2, 0) is 0 Å². The van der Waals surface area contributed by atoms with Gasteiger partial charge in [-0.15, -0.1) is 11.3 Å². The van der Waals surface area contributed by atoms with Gasteiger partial charge in [0.05, 0.1) is 11.8 Å². The first-order chi connectivity index (χ1) is 4.97. The Hall–Kier alpha value is -1.09. The van der Waals surface area contributed by atoms with E-state index in [1.807, 2.05) is 5.38 Å². The van der Waals surface area contributed by atoms with Gasteiger partial charge in [-0.1, -0.05) is 0 Å². The van der Waals surface area contributed by atoms with Crippen LogP contribution in [0.25, 0.3) is 11.5 Å². The molecule has 2 nitrogen and oxygen atoms in total. The summed E-state index contributed by atoms with van der Waals surface area (Å²) in [5.74, 6) is 0.779. The van der Waals surface area contributed by atoms with E-state index in [1.54, 1.807) is 22.9 Å². The molecule has 0 spiro atoms. The van der Waals surface area contributed by atoms with Gasteiger partial charge in [-0.3, -0.25) is 0 Å². The summed E-state index contributed by atoms with van der Waals surface area (Å²) in [6.45, 7) is 0. The maximum absolute atomic E-state index is 5.07. The highest BCUT2D eigenvalue weighted by molar-refractivity contribution is 7.07. The van der Waals surface area contributed by atoms with Gasteiger partial charge in [0.2, 0.25) is 0 Å². The van der Waals surface area contributed by atoms with E-state index >= 15 is 0 Å². The molecule has 2 aromatic rings. The highest BCUT2D eigenvalue weighted by Crippen LogP contribution is 2.17. The standard InChI is InChI=1S/C7H4NOS/c1-2-7(9-3-1)6-4-10-5-8-6/h2-5H. The van der Waals surface area contributed by atoms with Gasteiger partial charge in [-0.2, -0.15) is 0 Å². The van der Waals surface area contributed by atoms with Gasteiger partial charge in [0.15, 0.2) is 5.76 Å². The smallest absolute Gasteiger partial charge is 0.153 e. The van der Waals surface area contributed by atoms with Crippen molar-refractivity contribution in [1.29, 1.82) is 0 Å². The molecule has 0 aliphatic rings. The minimum Gasteiger partial charge on any atom is -0.462 e. The van der Waals surface area contributed by atoms with Crippen molar-refractivity contribution < 1.29 is 4.42 Å². The molecule has 2 rings (SSSR count). The Morgan fingerprint density at radius 1 is 1.60 bits per heavy atom. The van der Waals surface area contributed by atoms with Crippen LogP contribution in [0.2, 0.25) is 0 Å². The molecule has 0 amide bonds. The molecule has 0 bridgehead atoms. The second kappa shape index (κ2) is 2.27. The minimum absolute atomic E-state index is 0.779. The minimum atomic E-state index is 0.779. The van der Waals surface area contributed by atoms with Crippen molar-refractivity contribution in [3.05, 3.63) is 29.3 Å². The number of aromatic nitrogens is 1. The van der Waals surface area contributed by atoms with Gasteiger partial charge in [0.25, 0.3) is 0 Å². The molecule has 0 aliphatic heterocycles. The third kappa shape index (κ3) is 0.844. The fourth-order valence-corrected chi connectivity index (χ4v) is 1.25. The first kappa shape index (κ1) is 5.68. The number of furan rings is 1. The molecular formula is C7H4NOS. The number of nitrogens with zero attached hydrogens (tertiary/aromatic N) is 1. The number of rotatable bonds is 1. The summed E-state index contributed by atoms with van der Waals surface area (Å²) in [5, 5.41) is 1.94. The van der Waals surface area contributed by atoms with E-state index in [4.69, 9.17) is 4.42 Å². The fourth-order valence-electron chi connectivity index (χ4n) is 0.710. The molecule has 49 valence electrons. The van der Waals surface area contributed by atoms with Gasteiger partial charge in [0.1, 0.15) is 5.69 Å². The second-order valence-corrected chi connectivity index (χ2v) is 2.50. The summed E-state index contributed by atoms with van der Waals surface area (Å²) in [6.07, 6.45) is 1.52. The van der Waals surface area contributed by atoms with Crippen molar-refractivity contribution in [1.82, 2.24) is 4.98 Å². The summed E-state index contributed by atoms with van der Waals surface area (Å²) >= 11 is 1.55. The van der Waals surface area contributed by atoms with Crippen molar-refractivity contribution in [2.45, 2.75) is 0 Å². The van der Waals surface area contributed by atoms with Crippen LogP contribution in [0.5, 0.6) is 0 Å². The SMILES string of the molecule is [c]1coc(-c2cscn2)c1. The summed E-state index contributed by atoms with van der Waals surface area (Å²) in [7, 11) is 0. The molecule has 0 fully saturated rings. The Bertz CT molecular complexity index is 253. The van der Waals surface area contributed by atoms with Crippen LogP contribution in [0, 0.1) is 6.07 Å². The lowest BCUT2D eigenvalue weighted by Crippen LogP contribution is -1.68. The number of hydrogen-bond acceptors (Lipinski definition) is 3. The Kier molecular flexibility index (Phi) is 1.29. The monoisotopic (exact) mass is 150 g/mol. The largest absolute Gasteiger partial charge is 0.462 e. The third-order valence-electron chi connectivity index (χ3n) is 1.15. The molecule has 0 saturated carbocycles. The van der Waals surface area contributed by atoms with Crippen molar-refractivity contribution in [3.63, 3.8) is 0 Å². The first-order valence-electron chi connectivity index (χ1n) is 2.80. The zero-order valence-corrected chi connectivity index (χ0v) is 5.89. The van der Waals surface area contributed by atoms with Crippen LogP contribution in [0.3, 0.4) is 0 Å². The Labute approximate surface area is 62.1 Å².